The third-order valence-electron chi connectivity index (χ3n) is 12.3. The van der Waals surface area contributed by atoms with Crippen LogP contribution in [-0.4, -0.2) is 173 Å². The molecule has 0 saturated carbocycles. The highest BCUT2D eigenvalue weighted by molar-refractivity contribution is 5.77. The van der Waals surface area contributed by atoms with E-state index in [1.54, 1.807) is 0 Å². The first-order chi connectivity index (χ1) is 25.4. The number of rotatable bonds is 19. The summed E-state index contributed by atoms with van der Waals surface area (Å²) in [7, 11) is 0. The molecule has 4 fully saturated rings. The second kappa shape index (κ2) is 25.7. The van der Waals surface area contributed by atoms with Crippen LogP contribution < -0.4 is 0 Å². The summed E-state index contributed by atoms with van der Waals surface area (Å²) >= 11 is 0. The SMILES string of the molecule is CC(C)C1CCN(C(=O)COCCOCC2CCN(C(C)C)CC2)CC1.CC(C)C1CCN(C(=O)COCCOCCN2CCN(C(C)C)CC2)CC1. The Hall–Kier alpha value is -1.34. The zero-order chi connectivity index (χ0) is 38.6. The second-order valence-corrected chi connectivity index (χ2v) is 17.3. The number of carbonyl (C=O) groups is 2. The molecule has 11 nitrogen and oxygen atoms in total. The number of ether oxygens (including phenoxy) is 4. The molecule has 0 aromatic rings. The van der Waals surface area contributed by atoms with Gasteiger partial charge in [0, 0.05) is 77.6 Å². The fraction of sp³-hybridized carbons (Fsp3) is 0.952. The number of piperazine rings is 1. The highest BCUT2D eigenvalue weighted by atomic mass is 16.5. The van der Waals surface area contributed by atoms with Crippen LogP contribution in [0, 0.1) is 29.6 Å². The van der Waals surface area contributed by atoms with Gasteiger partial charge in [-0.3, -0.25) is 19.4 Å². The van der Waals surface area contributed by atoms with Crippen LogP contribution in [0.3, 0.4) is 0 Å². The van der Waals surface area contributed by atoms with Crippen LogP contribution in [-0.2, 0) is 28.5 Å². The number of carbonyl (C=O) groups excluding carboxylic acids is 2. The minimum Gasteiger partial charge on any atom is -0.379 e. The summed E-state index contributed by atoms with van der Waals surface area (Å²) in [6, 6.07) is 1.30. The van der Waals surface area contributed by atoms with E-state index in [0.29, 0.717) is 44.4 Å². The Morgan fingerprint density at radius 1 is 0.491 bits per heavy atom. The van der Waals surface area contributed by atoms with Crippen LogP contribution in [0.4, 0.5) is 0 Å². The molecule has 11 heteroatoms. The van der Waals surface area contributed by atoms with E-state index >= 15 is 0 Å². The van der Waals surface area contributed by atoms with E-state index in [4.69, 9.17) is 18.9 Å². The fourth-order valence-corrected chi connectivity index (χ4v) is 8.05. The van der Waals surface area contributed by atoms with Crippen molar-refractivity contribution in [3.05, 3.63) is 0 Å². The summed E-state index contributed by atoms with van der Waals surface area (Å²) in [4.78, 5) is 35.8. The Morgan fingerprint density at radius 2 is 0.906 bits per heavy atom. The molecule has 0 bridgehead atoms. The Bertz CT molecular complexity index is 967. The molecule has 0 aromatic carbocycles. The number of likely N-dealkylation sites (tertiary alicyclic amines) is 3. The lowest BCUT2D eigenvalue weighted by Crippen LogP contribution is -2.49. The molecule has 4 saturated heterocycles. The first-order valence-electron chi connectivity index (χ1n) is 21.5. The molecule has 310 valence electrons. The van der Waals surface area contributed by atoms with Crippen LogP contribution in [0.25, 0.3) is 0 Å². The van der Waals surface area contributed by atoms with Gasteiger partial charge in [-0.2, -0.15) is 0 Å². The molecule has 0 aliphatic carbocycles. The summed E-state index contributed by atoms with van der Waals surface area (Å²) in [5.74, 6) is 3.90. The third kappa shape index (κ3) is 18.0. The molecule has 0 aromatic heterocycles. The zero-order valence-corrected chi connectivity index (χ0v) is 35.4. The Morgan fingerprint density at radius 3 is 1.34 bits per heavy atom. The topological polar surface area (TPSA) is 87.3 Å². The predicted molar refractivity (Wildman–Crippen MR) is 214 cm³/mol. The largest absolute Gasteiger partial charge is 0.379 e. The summed E-state index contributed by atoms with van der Waals surface area (Å²) in [6.07, 6.45) is 6.95. The number of hydrogen-bond donors (Lipinski definition) is 0. The van der Waals surface area contributed by atoms with Crippen LogP contribution in [0.1, 0.15) is 93.9 Å². The maximum absolute atomic E-state index is 12.2. The molecule has 0 unspecified atom stereocenters. The van der Waals surface area contributed by atoms with E-state index in [0.717, 1.165) is 121 Å². The van der Waals surface area contributed by atoms with Crippen LogP contribution >= 0.6 is 0 Å². The van der Waals surface area contributed by atoms with Crippen molar-refractivity contribution in [1.82, 2.24) is 24.5 Å². The van der Waals surface area contributed by atoms with Gasteiger partial charge in [0.1, 0.15) is 13.2 Å². The van der Waals surface area contributed by atoms with Gasteiger partial charge in [0.25, 0.3) is 0 Å². The first kappa shape index (κ1) is 46.0. The lowest BCUT2D eigenvalue weighted by atomic mass is 9.87. The molecular formula is C42H81N5O6. The molecule has 4 rings (SSSR count). The van der Waals surface area contributed by atoms with Gasteiger partial charge >= 0.3 is 0 Å². The Balaban J connectivity index is 0.000000286. The van der Waals surface area contributed by atoms with E-state index in [9.17, 15) is 9.59 Å². The van der Waals surface area contributed by atoms with Crippen molar-refractivity contribution in [2.24, 2.45) is 29.6 Å². The van der Waals surface area contributed by atoms with Gasteiger partial charge in [-0.15, -0.1) is 0 Å². The Kier molecular flexibility index (Phi) is 22.4. The van der Waals surface area contributed by atoms with Gasteiger partial charge in [-0.1, -0.05) is 27.7 Å². The Labute approximate surface area is 324 Å². The van der Waals surface area contributed by atoms with Gasteiger partial charge in [0.15, 0.2) is 0 Å². The monoisotopic (exact) mass is 752 g/mol. The fourth-order valence-electron chi connectivity index (χ4n) is 8.05. The van der Waals surface area contributed by atoms with Crippen LogP contribution in [0.15, 0.2) is 0 Å². The van der Waals surface area contributed by atoms with Crippen molar-refractivity contribution < 1.29 is 28.5 Å². The van der Waals surface area contributed by atoms with Crippen molar-refractivity contribution in [2.45, 2.75) is 106 Å². The number of nitrogens with zero attached hydrogens (tertiary/aromatic N) is 5. The number of piperidine rings is 3. The second-order valence-electron chi connectivity index (χ2n) is 17.3. The average molecular weight is 752 g/mol. The molecule has 4 aliphatic heterocycles. The molecule has 0 N–H and O–H groups in total. The van der Waals surface area contributed by atoms with E-state index < -0.39 is 0 Å². The summed E-state index contributed by atoms with van der Waals surface area (Å²) in [5.41, 5.74) is 0. The highest BCUT2D eigenvalue weighted by Gasteiger charge is 2.26. The van der Waals surface area contributed by atoms with Gasteiger partial charge in [-0.25, -0.2) is 0 Å². The maximum atomic E-state index is 12.2. The smallest absolute Gasteiger partial charge is 0.248 e. The van der Waals surface area contributed by atoms with E-state index in [1.807, 2.05) is 9.80 Å². The lowest BCUT2D eigenvalue weighted by Gasteiger charge is -2.36. The first-order valence-corrected chi connectivity index (χ1v) is 21.5. The highest BCUT2D eigenvalue weighted by Crippen LogP contribution is 2.25. The molecule has 0 atom stereocenters. The van der Waals surface area contributed by atoms with Crippen LogP contribution in [0.5, 0.6) is 0 Å². The van der Waals surface area contributed by atoms with Gasteiger partial charge in [-0.05, 0) is 109 Å². The van der Waals surface area contributed by atoms with E-state index in [1.165, 1.54) is 25.9 Å². The van der Waals surface area contributed by atoms with Gasteiger partial charge in [0.2, 0.25) is 11.8 Å². The third-order valence-corrected chi connectivity index (χ3v) is 12.3. The molecule has 2 amide bonds. The molecular weight excluding hydrogens is 670 g/mol. The van der Waals surface area contributed by atoms with Gasteiger partial charge < -0.3 is 33.6 Å². The summed E-state index contributed by atoms with van der Waals surface area (Å²) < 4.78 is 22.5. The predicted octanol–water partition coefficient (Wildman–Crippen LogP) is 4.97. The number of amides is 2. The molecule has 4 heterocycles. The molecule has 0 radical (unpaired) electrons. The number of hydrogen-bond acceptors (Lipinski definition) is 9. The van der Waals surface area contributed by atoms with E-state index in [-0.39, 0.29) is 25.0 Å². The van der Waals surface area contributed by atoms with Crippen molar-refractivity contribution in [3.8, 4) is 0 Å². The van der Waals surface area contributed by atoms with E-state index in [2.05, 4.69) is 70.1 Å². The molecule has 53 heavy (non-hydrogen) atoms. The molecule has 4 aliphatic rings. The van der Waals surface area contributed by atoms with Crippen LogP contribution in [0.2, 0.25) is 0 Å². The maximum Gasteiger partial charge on any atom is 0.248 e. The minimum atomic E-state index is 0.125. The van der Waals surface area contributed by atoms with Crippen molar-refractivity contribution in [1.29, 1.82) is 0 Å². The summed E-state index contributed by atoms with van der Waals surface area (Å²) in [5, 5.41) is 0. The minimum absolute atomic E-state index is 0.125. The molecule has 0 spiro atoms. The van der Waals surface area contributed by atoms with Crippen molar-refractivity contribution >= 4 is 11.8 Å². The van der Waals surface area contributed by atoms with Crippen molar-refractivity contribution in [2.75, 3.05) is 125 Å². The quantitative estimate of drug-likeness (QED) is 0.170. The van der Waals surface area contributed by atoms with Crippen molar-refractivity contribution in [3.63, 3.8) is 0 Å². The van der Waals surface area contributed by atoms with Gasteiger partial charge in [0.05, 0.1) is 33.0 Å². The lowest BCUT2D eigenvalue weighted by molar-refractivity contribution is -0.139. The standard InChI is InChI=1S/C21H41N3O3.C21H40N2O3/c1-18(2)20-5-7-24(8-6-20)21(25)17-27-16-15-26-14-13-22-9-11-23(12-10-22)19(3)4;1-17(2)20-7-11-23(12-8-20)21(24)16-26-14-13-25-15-19-5-9-22(10-6-19)18(3)4/h18-20H,5-17H2,1-4H3;17-20H,5-16H2,1-4H3. The summed E-state index contributed by atoms with van der Waals surface area (Å²) in [6.45, 7) is 33.7. The normalized spacial score (nSPS) is 20.9. The average Bonchev–Trinajstić information content (AvgIpc) is 3.16. The zero-order valence-electron chi connectivity index (χ0n) is 35.4.